The van der Waals surface area contributed by atoms with Gasteiger partial charge < -0.3 is 15.8 Å². The maximum absolute atomic E-state index is 5.79. The molecule has 0 aliphatic heterocycles. The van der Waals surface area contributed by atoms with E-state index in [2.05, 4.69) is 36.5 Å². The van der Waals surface area contributed by atoms with Crippen molar-refractivity contribution in [2.75, 3.05) is 13.1 Å². The number of benzene rings is 2. The highest BCUT2D eigenvalue weighted by Crippen LogP contribution is 2.18. The normalized spacial score (nSPS) is 12.1. The molecule has 0 aromatic heterocycles. The molecule has 0 aliphatic rings. The second-order valence-corrected chi connectivity index (χ2v) is 5.16. The number of hydrogen-bond donors (Lipinski definition) is 2. The van der Waals surface area contributed by atoms with Crippen LogP contribution in [0.3, 0.4) is 0 Å². The van der Waals surface area contributed by atoms with Gasteiger partial charge in [-0.25, -0.2) is 0 Å². The van der Waals surface area contributed by atoms with Crippen molar-refractivity contribution in [3.63, 3.8) is 0 Å². The van der Waals surface area contributed by atoms with Crippen molar-refractivity contribution < 1.29 is 4.74 Å². The van der Waals surface area contributed by atoms with Crippen LogP contribution < -0.4 is 15.8 Å². The molecule has 2 rings (SSSR count). The summed E-state index contributed by atoms with van der Waals surface area (Å²) in [4.78, 5) is 0. The zero-order valence-corrected chi connectivity index (χ0v) is 12.6. The quantitative estimate of drug-likeness (QED) is 0.731. The van der Waals surface area contributed by atoms with E-state index < -0.39 is 0 Å². The molecule has 3 nitrogen and oxygen atoms in total. The van der Waals surface area contributed by atoms with Gasteiger partial charge in [-0.05, 0) is 49.7 Å². The Hall–Kier alpha value is -1.84. The van der Waals surface area contributed by atoms with Crippen molar-refractivity contribution >= 4 is 0 Å². The second-order valence-electron chi connectivity index (χ2n) is 5.16. The van der Waals surface area contributed by atoms with Gasteiger partial charge >= 0.3 is 0 Å². The molecule has 0 saturated carbocycles. The van der Waals surface area contributed by atoms with Gasteiger partial charge in [-0.15, -0.1) is 0 Å². The first-order valence-electron chi connectivity index (χ1n) is 7.49. The fourth-order valence-electron chi connectivity index (χ4n) is 2.13. The number of ether oxygens (including phenoxy) is 1. The van der Waals surface area contributed by atoms with Crippen molar-refractivity contribution in [2.24, 2.45) is 5.73 Å². The largest absolute Gasteiger partial charge is 0.489 e. The van der Waals surface area contributed by atoms with E-state index in [-0.39, 0.29) is 0 Å². The van der Waals surface area contributed by atoms with Gasteiger partial charge in [0.25, 0.3) is 0 Å². The van der Waals surface area contributed by atoms with E-state index in [0.29, 0.717) is 12.6 Å². The molecular weight excluding hydrogens is 260 g/mol. The molecule has 0 radical (unpaired) electrons. The zero-order valence-electron chi connectivity index (χ0n) is 12.6. The topological polar surface area (TPSA) is 47.3 Å². The van der Waals surface area contributed by atoms with Crippen LogP contribution in [0, 0.1) is 0 Å². The Bertz CT molecular complexity index is 511. The lowest BCUT2D eigenvalue weighted by Crippen LogP contribution is -2.21. The Balaban J connectivity index is 1.84. The predicted octanol–water partition coefficient (Wildman–Crippen LogP) is 3.27. The van der Waals surface area contributed by atoms with Gasteiger partial charge in [-0.1, -0.05) is 42.5 Å². The third-order valence-corrected chi connectivity index (χ3v) is 3.46. The van der Waals surface area contributed by atoms with Crippen molar-refractivity contribution in [3.8, 4) is 5.75 Å². The van der Waals surface area contributed by atoms with Gasteiger partial charge in [0.05, 0.1) is 0 Å². The van der Waals surface area contributed by atoms with E-state index in [4.69, 9.17) is 10.5 Å². The Morgan fingerprint density at radius 1 is 1.05 bits per heavy atom. The molecule has 3 N–H and O–H groups in total. The number of rotatable bonds is 8. The van der Waals surface area contributed by atoms with Crippen LogP contribution in [0.1, 0.15) is 30.5 Å². The molecule has 0 heterocycles. The van der Waals surface area contributed by atoms with Gasteiger partial charge in [0.2, 0.25) is 0 Å². The minimum absolute atomic E-state index is 0.333. The predicted molar refractivity (Wildman–Crippen MR) is 87.3 cm³/mol. The van der Waals surface area contributed by atoms with E-state index in [1.54, 1.807) is 0 Å². The molecule has 0 amide bonds. The third kappa shape index (κ3) is 5.21. The molecular formula is C18H24N2O. The van der Waals surface area contributed by atoms with E-state index in [9.17, 15) is 0 Å². The van der Waals surface area contributed by atoms with Crippen molar-refractivity contribution in [2.45, 2.75) is 26.0 Å². The minimum Gasteiger partial charge on any atom is -0.489 e. The Morgan fingerprint density at radius 2 is 1.76 bits per heavy atom. The van der Waals surface area contributed by atoms with Crippen LogP contribution in [0.15, 0.2) is 54.6 Å². The molecule has 21 heavy (non-hydrogen) atoms. The molecule has 2 aromatic carbocycles. The molecule has 2 aromatic rings. The molecule has 1 unspecified atom stereocenters. The average Bonchev–Trinajstić information content (AvgIpc) is 2.54. The highest BCUT2D eigenvalue weighted by Gasteiger charge is 2.04. The molecule has 0 aliphatic carbocycles. The maximum atomic E-state index is 5.79. The lowest BCUT2D eigenvalue weighted by molar-refractivity contribution is 0.306. The molecule has 3 heteroatoms. The van der Waals surface area contributed by atoms with E-state index >= 15 is 0 Å². The van der Waals surface area contributed by atoms with Gasteiger partial charge in [0.1, 0.15) is 12.4 Å². The Labute approximate surface area is 127 Å². The highest BCUT2D eigenvalue weighted by molar-refractivity contribution is 5.29. The zero-order chi connectivity index (χ0) is 14.9. The van der Waals surface area contributed by atoms with Gasteiger partial charge in [-0.3, -0.25) is 0 Å². The van der Waals surface area contributed by atoms with Crippen LogP contribution in [0.2, 0.25) is 0 Å². The van der Waals surface area contributed by atoms with Crippen LogP contribution in [-0.4, -0.2) is 13.1 Å². The lowest BCUT2D eigenvalue weighted by atomic mass is 10.1. The first-order chi connectivity index (χ1) is 10.3. The van der Waals surface area contributed by atoms with E-state index in [1.165, 1.54) is 11.1 Å². The van der Waals surface area contributed by atoms with Crippen LogP contribution in [-0.2, 0) is 6.61 Å². The molecule has 112 valence electrons. The van der Waals surface area contributed by atoms with Crippen molar-refractivity contribution in [1.82, 2.24) is 5.32 Å². The fraction of sp³-hybridized carbons (Fsp3) is 0.333. The Kier molecular flexibility index (Phi) is 6.25. The van der Waals surface area contributed by atoms with Crippen LogP contribution in [0.4, 0.5) is 0 Å². The van der Waals surface area contributed by atoms with E-state index in [1.807, 2.05) is 30.3 Å². The van der Waals surface area contributed by atoms with Crippen molar-refractivity contribution in [1.29, 1.82) is 0 Å². The van der Waals surface area contributed by atoms with E-state index in [0.717, 1.165) is 25.3 Å². The summed E-state index contributed by atoms with van der Waals surface area (Å²) in [6.07, 6.45) is 1.00. The molecule has 0 saturated heterocycles. The van der Waals surface area contributed by atoms with Crippen LogP contribution in [0.5, 0.6) is 5.75 Å². The van der Waals surface area contributed by atoms with Crippen molar-refractivity contribution in [3.05, 3.63) is 65.7 Å². The second kappa shape index (κ2) is 8.45. The van der Waals surface area contributed by atoms with Crippen LogP contribution in [0.25, 0.3) is 0 Å². The summed E-state index contributed by atoms with van der Waals surface area (Å²) in [7, 11) is 0. The molecule has 0 bridgehead atoms. The summed E-state index contributed by atoms with van der Waals surface area (Å²) < 4.78 is 5.79. The first-order valence-corrected chi connectivity index (χ1v) is 7.49. The summed E-state index contributed by atoms with van der Waals surface area (Å²) in [5.74, 6) is 0.900. The molecule has 1 atom stereocenters. The molecule has 0 fully saturated rings. The molecule has 0 spiro atoms. The fourth-order valence-corrected chi connectivity index (χ4v) is 2.13. The standard InChI is InChI=1S/C18H24N2O/c1-15(20-13-5-12-19)17-8-10-18(11-9-17)21-14-16-6-3-2-4-7-16/h2-4,6-11,15,20H,5,12-14,19H2,1H3. The average molecular weight is 284 g/mol. The number of nitrogens with one attached hydrogen (secondary N) is 1. The monoisotopic (exact) mass is 284 g/mol. The first kappa shape index (κ1) is 15.5. The van der Waals surface area contributed by atoms with Gasteiger partial charge in [0.15, 0.2) is 0 Å². The SMILES string of the molecule is CC(NCCCN)c1ccc(OCc2ccccc2)cc1. The highest BCUT2D eigenvalue weighted by atomic mass is 16.5. The lowest BCUT2D eigenvalue weighted by Gasteiger charge is -2.14. The summed E-state index contributed by atoms with van der Waals surface area (Å²) in [5, 5.41) is 3.46. The maximum Gasteiger partial charge on any atom is 0.119 e. The third-order valence-electron chi connectivity index (χ3n) is 3.46. The smallest absolute Gasteiger partial charge is 0.119 e. The number of hydrogen-bond acceptors (Lipinski definition) is 3. The van der Waals surface area contributed by atoms with Crippen LogP contribution >= 0.6 is 0 Å². The summed E-state index contributed by atoms with van der Waals surface area (Å²) in [6, 6.07) is 18.8. The van der Waals surface area contributed by atoms with Gasteiger partial charge in [-0.2, -0.15) is 0 Å². The minimum atomic E-state index is 0.333. The summed E-state index contributed by atoms with van der Waals surface area (Å²) in [6.45, 7) is 4.44. The van der Waals surface area contributed by atoms with Gasteiger partial charge in [0, 0.05) is 6.04 Å². The summed E-state index contributed by atoms with van der Waals surface area (Å²) in [5.41, 5.74) is 7.94. The Morgan fingerprint density at radius 3 is 2.43 bits per heavy atom. The number of nitrogens with two attached hydrogens (primary N) is 1. The summed E-state index contributed by atoms with van der Waals surface area (Å²) >= 11 is 0.